The van der Waals surface area contributed by atoms with Gasteiger partial charge in [-0.1, -0.05) is 12.1 Å². The first-order valence-corrected chi connectivity index (χ1v) is 14.3. The number of fused-ring (bicyclic) bond motifs is 1. The topological polar surface area (TPSA) is 111 Å². The van der Waals surface area contributed by atoms with E-state index in [0.717, 1.165) is 31.5 Å². The second-order valence-electron chi connectivity index (χ2n) is 9.98. The smallest absolute Gasteiger partial charge is 0.252 e. The van der Waals surface area contributed by atoms with Crippen molar-refractivity contribution in [2.24, 2.45) is 0 Å². The molecule has 0 atom stereocenters. The first kappa shape index (κ1) is 27.5. The van der Waals surface area contributed by atoms with Crippen molar-refractivity contribution in [3.63, 3.8) is 0 Å². The second kappa shape index (κ2) is 11.2. The van der Waals surface area contributed by atoms with Gasteiger partial charge in [0.2, 0.25) is 10.0 Å². The standard InChI is InChI=1S/C29H29FN6O3S/c1-34-13-11-23(12-14-34)35(2)40(38,39)25-9-3-20(4-10-25)18-32-29(37)26-15-21(17-31)16-28-27(26)19-33-36(28)24-7-5-22(30)6-8-24/h3-10,15-16,19,23H,11-14,18H2,1-2H3,(H,32,37). The molecule has 0 radical (unpaired) electrons. The lowest BCUT2D eigenvalue weighted by molar-refractivity contribution is 0.0952. The summed E-state index contributed by atoms with van der Waals surface area (Å²) in [6.45, 7) is 1.88. The van der Waals surface area contributed by atoms with Gasteiger partial charge in [0.05, 0.1) is 39.5 Å². The molecule has 40 heavy (non-hydrogen) atoms. The Morgan fingerprint density at radius 2 is 1.80 bits per heavy atom. The van der Waals surface area contributed by atoms with Crippen LogP contribution in [0.2, 0.25) is 0 Å². The zero-order valence-corrected chi connectivity index (χ0v) is 23.0. The normalized spacial score (nSPS) is 14.9. The van der Waals surface area contributed by atoms with Gasteiger partial charge in [-0.2, -0.15) is 14.7 Å². The Balaban J connectivity index is 1.31. The number of halogens is 1. The Bertz CT molecular complexity index is 1690. The highest BCUT2D eigenvalue weighted by molar-refractivity contribution is 7.89. The van der Waals surface area contributed by atoms with Crippen molar-refractivity contribution in [2.75, 3.05) is 27.2 Å². The van der Waals surface area contributed by atoms with E-state index in [1.807, 2.05) is 7.05 Å². The Hall–Kier alpha value is -4.11. The van der Waals surface area contributed by atoms with Gasteiger partial charge < -0.3 is 10.2 Å². The number of carbonyl (C=O) groups is 1. The van der Waals surface area contributed by atoms with E-state index in [9.17, 15) is 22.9 Å². The van der Waals surface area contributed by atoms with Gasteiger partial charge >= 0.3 is 0 Å². The third kappa shape index (κ3) is 5.47. The minimum Gasteiger partial charge on any atom is -0.348 e. The van der Waals surface area contributed by atoms with Crippen molar-refractivity contribution in [1.82, 2.24) is 24.3 Å². The van der Waals surface area contributed by atoms with E-state index in [0.29, 0.717) is 16.6 Å². The molecule has 1 aromatic heterocycles. The summed E-state index contributed by atoms with van der Waals surface area (Å²) in [5.41, 5.74) is 2.42. The number of hydrogen-bond acceptors (Lipinski definition) is 6. The summed E-state index contributed by atoms with van der Waals surface area (Å²) in [4.78, 5) is 15.6. The number of benzene rings is 3. The van der Waals surface area contributed by atoms with Crippen LogP contribution in [0.3, 0.4) is 0 Å². The molecule has 0 unspecified atom stereocenters. The van der Waals surface area contributed by atoms with Crippen LogP contribution in [0, 0.1) is 17.1 Å². The minimum atomic E-state index is -3.64. The van der Waals surface area contributed by atoms with Crippen LogP contribution in [-0.2, 0) is 16.6 Å². The van der Waals surface area contributed by atoms with Crippen molar-refractivity contribution in [2.45, 2.75) is 30.3 Å². The zero-order chi connectivity index (χ0) is 28.4. The van der Waals surface area contributed by atoms with E-state index in [4.69, 9.17) is 0 Å². The highest BCUT2D eigenvalue weighted by Crippen LogP contribution is 2.25. The number of amides is 1. The molecule has 1 N–H and O–H groups in total. The van der Waals surface area contributed by atoms with E-state index in [2.05, 4.69) is 21.4 Å². The van der Waals surface area contributed by atoms with E-state index >= 15 is 0 Å². The monoisotopic (exact) mass is 560 g/mol. The van der Waals surface area contributed by atoms with Gasteiger partial charge in [-0.3, -0.25) is 4.79 Å². The molecule has 3 aromatic carbocycles. The van der Waals surface area contributed by atoms with Crippen LogP contribution in [0.1, 0.15) is 34.3 Å². The van der Waals surface area contributed by atoms with Crippen LogP contribution in [0.4, 0.5) is 4.39 Å². The number of sulfonamides is 1. The summed E-state index contributed by atoms with van der Waals surface area (Å²) in [7, 11) is 0.0311. The molecule has 9 nitrogen and oxygen atoms in total. The van der Waals surface area contributed by atoms with Gasteiger partial charge in [-0.05, 0) is 87.1 Å². The van der Waals surface area contributed by atoms with Crippen LogP contribution in [0.25, 0.3) is 16.6 Å². The molecular formula is C29H29FN6O3S. The molecule has 4 aromatic rings. The Morgan fingerprint density at radius 3 is 2.45 bits per heavy atom. The summed E-state index contributed by atoms with van der Waals surface area (Å²) in [6, 6.07) is 17.4. The lowest BCUT2D eigenvalue weighted by Gasteiger charge is -2.34. The number of piperidine rings is 1. The second-order valence-corrected chi connectivity index (χ2v) is 12.0. The maximum atomic E-state index is 13.4. The maximum absolute atomic E-state index is 13.4. The fourth-order valence-corrected chi connectivity index (χ4v) is 6.36. The van der Waals surface area contributed by atoms with Gasteiger partial charge in [-0.25, -0.2) is 17.5 Å². The molecule has 0 bridgehead atoms. The SMILES string of the molecule is CN1CCC(N(C)S(=O)(=O)c2ccc(CNC(=O)c3cc(C#N)cc4c3cnn4-c3ccc(F)cc3)cc2)CC1. The molecule has 206 valence electrons. The highest BCUT2D eigenvalue weighted by Gasteiger charge is 2.30. The Labute approximate surface area is 232 Å². The predicted octanol–water partition coefficient (Wildman–Crippen LogP) is 3.68. The Morgan fingerprint density at radius 1 is 1.12 bits per heavy atom. The number of rotatable bonds is 7. The van der Waals surface area contributed by atoms with Gasteiger partial charge in [0, 0.05) is 25.0 Å². The van der Waals surface area contributed by atoms with Crippen LogP contribution in [-0.4, -0.2) is 66.5 Å². The summed E-state index contributed by atoms with van der Waals surface area (Å²) in [5.74, 6) is -0.785. The van der Waals surface area contributed by atoms with E-state index < -0.39 is 15.9 Å². The predicted molar refractivity (Wildman–Crippen MR) is 149 cm³/mol. The third-order valence-corrected chi connectivity index (χ3v) is 9.31. The summed E-state index contributed by atoms with van der Waals surface area (Å²) < 4.78 is 42.8. The molecule has 11 heteroatoms. The van der Waals surface area contributed by atoms with Crippen LogP contribution in [0.5, 0.6) is 0 Å². The molecular weight excluding hydrogens is 531 g/mol. The molecule has 0 aliphatic carbocycles. The average Bonchev–Trinajstić information content (AvgIpc) is 3.40. The van der Waals surface area contributed by atoms with Crippen molar-refractivity contribution in [1.29, 1.82) is 5.26 Å². The fraction of sp³-hybridized carbons (Fsp3) is 0.276. The zero-order valence-electron chi connectivity index (χ0n) is 22.2. The summed E-state index contributed by atoms with van der Waals surface area (Å²) >= 11 is 0. The van der Waals surface area contributed by atoms with Crippen molar-refractivity contribution in [3.05, 3.63) is 89.4 Å². The third-order valence-electron chi connectivity index (χ3n) is 7.39. The minimum absolute atomic E-state index is 0.0337. The molecule has 0 saturated carbocycles. The molecule has 1 fully saturated rings. The summed E-state index contributed by atoms with van der Waals surface area (Å²) in [6.07, 6.45) is 3.12. The van der Waals surface area contributed by atoms with E-state index in [1.54, 1.807) is 54.2 Å². The van der Waals surface area contributed by atoms with Crippen LogP contribution in [0.15, 0.2) is 71.8 Å². The number of carbonyl (C=O) groups excluding carboxylic acids is 1. The number of hydrogen-bond donors (Lipinski definition) is 1. The van der Waals surface area contributed by atoms with Crippen LogP contribution >= 0.6 is 0 Å². The van der Waals surface area contributed by atoms with Crippen molar-refractivity contribution in [3.8, 4) is 11.8 Å². The summed E-state index contributed by atoms with van der Waals surface area (Å²) in [5, 5.41) is 17.3. The number of aromatic nitrogens is 2. The molecule has 1 aliphatic heterocycles. The van der Waals surface area contributed by atoms with Gasteiger partial charge in [0.1, 0.15) is 5.82 Å². The lowest BCUT2D eigenvalue weighted by atomic mass is 10.1. The molecule has 0 spiro atoms. The van der Waals surface area contributed by atoms with Crippen molar-refractivity contribution < 1.29 is 17.6 Å². The number of likely N-dealkylation sites (tertiary alicyclic amines) is 1. The first-order valence-electron chi connectivity index (χ1n) is 12.9. The fourth-order valence-electron chi connectivity index (χ4n) is 4.94. The highest BCUT2D eigenvalue weighted by atomic mass is 32.2. The Kier molecular flexibility index (Phi) is 7.67. The largest absolute Gasteiger partial charge is 0.348 e. The van der Waals surface area contributed by atoms with E-state index in [-0.39, 0.29) is 34.4 Å². The molecule has 2 heterocycles. The van der Waals surface area contributed by atoms with Gasteiger partial charge in [-0.15, -0.1) is 0 Å². The molecule has 5 rings (SSSR count). The average molecular weight is 561 g/mol. The first-order chi connectivity index (χ1) is 19.2. The van der Waals surface area contributed by atoms with E-state index in [1.165, 1.54) is 28.7 Å². The number of nitrogens with one attached hydrogen (secondary N) is 1. The maximum Gasteiger partial charge on any atom is 0.252 e. The molecule has 1 aliphatic rings. The quantitative estimate of drug-likeness (QED) is 0.369. The number of nitriles is 1. The van der Waals surface area contributed by atoms with Crippen molar-refractivity contribution >= 4 is 26.8 Å². The molecule has 1 saturated heterocycles. The lowest BCUT2D eigenvalue weighted by Crippen LogP contribution is -2.44. The van der Waals surface area contributed by atoms with Gasteiger partial charge in [0.15, 0.2) is 0 Å². The van der Waals surface area contributed by atoms with Crippen LogP contribution < -0.4 is 5.32 Å². The van der Waals surface area contributed by atoms with Gasteiger partial charge in [0.25, 0.3) is 5.91 Å². The molecule has 1 amide bonds. The number of nitrogens with zero attached hydrogens (tertiary/aromatic N) is 5.